The van der Waals surface area contributed by atoms with Crippen molar-refractivity contribution in [3.05, 3.63) is 71.3 Å². The first-order valence-electron chi connectivity index (χ1n) is 9.79. The second kappa shape index (κ2) is 8.50. The van der Waals surface area contributed by atoms with Crippen molar-refractivity contribution in [3.63, 3.8) is 0 Å². The smallest absolute Gasteiger partial charge is 0.222 e. The molecule has 0 bridgehead atoms. The summed E-state index contributed by atoms with van der Waals surface area (Å²) in [7, 11) is 0. The Hall–Kier alpha value is -2.77. The molecule has 0 fully saturated rings. The van der Waals surface area contributed by atoms with Gasteiger partial charge in [-0.25, -0.2) is 9.97 Å². The van der Waals surface area contributed by atoms with E-state index in [4.69, 9.17) is 0 Å². The second-order valence-corrected chi connectivity index (χ2v) is 7.15. The quantitative estimate of drug-likeness (QED) is 0.658. The monoisotopic (exact) mass is 378 g/mol. The van der Waals surface area contributed by atoms with Crippen molar-refractivity contribution in [3.8, 4) is 0 Å². The Morgan fingerprint density at radius 1 is 1.14 bits per heavy atom. The van der Waals surface area contributed by atoms with Crippen LogP contribution in [0.3, 0.4) is 0 Å². The molecule has 0 amide bonds. The van der Waals surface area contributed by atoms with Crippen molar-refractivity contribution in [1.82, 2.24) is 24.6 Å². The second-order valence-electron chi connectivity index (χ2n) is 7.15. The Morgan fingerprint density at radius 3 is 2.68 bits per heavy atom. The fraction of sp³-hybridized carbons (Fsp3) is 0.381. The van der Waals surface area contributed by atoms with Gasteiger partial charge in [0, 0.05) is 44.1 Å². The topological polar surface area (TPSA) is 79.1 Å². The molecule has 146 valence electrons. The molecule has 3 aromatic rings. The molecule has 0 radical (unpaired) electrons. The molecule has 7 nitrogen and oxygen atoms in total. The van der Waals surface area contributed by atoms with Crippen LogP contribution in [0.1, 0.15) is 42.0 Å². The minimum atomic E-state index is -0.690. The van der Waals surface area contributed by atoms with E-state index in [1.165, 1.54) is 0 Å². The molecule has 0 aliphatic carbocycles. The van der Waals surface area contributed by atoms with Crippen molar-refractivity contribution >= 4 is 5.95 Å². The number of aliphatic hydroxyl groups excluding tert-OH is 1. The zero-order chi connectivity index (χ0) is 19.3. The van der Waals surface area contributed by atoms with Gasteiger partial charge in [-0.05, 0) is 18.1 Å². The van der Waals surface area contributed by atoms with Gasteiger partial charge in [0.25, 0.3) is 0 Å². The molecule has 0 saturated carbocycles. The van der Waals surface area contributed by atoms with Gasteiger partial charge in [0.15, 0.2) is 0 Å². The molecule has 1 aromatic carbocycles. The minimum absolute atomic E-state index is 0.682. The number of hydrogen-bond acceptors (Lipinski definition) is 6. The van der Waals surface area contributed by atoms with Gasteiger partial charge in [0.1, 0.15) is 6.10 Å². The number of aliphatic hydroxyl groups is 1. The standard InChI is InChI=1S/C21H26N6O/c1-2-8-22-21-23-12-16(13-24-21)14-26-9-10-27-18(15-26)11-19(25-27)20(28)17-6-4-3-5-7-17/h3-7,11-13,20,28H,2,8-10,14-15H2,1H3,(H,22,23,24)/t20-/m1/s1. The van der Waals surface area contributed by atoms with Crippen LogP contribution >= 0.6 is 0 Å². The Balaban J connectivity index is 1.40. The highest BCUT2D eigenvalue weighted by Crippen LogP contribution is 2.24. The zero-order valence-electron chi connectivity index (χ0n) is 16.1. The summed E-state index contributed by atoms with van der Waals surface area (Å²) in [5, 5.41) is 18.4. The van der Waals surface area contributed by atoms with Crippen molar-refractivity contribution in [2.45, 2.75) is 39.1 Å². The first kappa shape index (κ1) is 18.6. The van der Waals surface area contributed by atoms with Gasteiger partial charge in [0.2, 0.25) is 5.95 Å². The molecule has 0 saturated heterocycles. The van der Waals surface area contributed by atoms with E-state index in [0.29, 0.717) is 11.6 Å². The highest BCUT2D eigenvalue weighted by molar-refractivity contribution is 5.27. The first-order chi connectivity index (χ1) is 13.7. The Labute approximate surface area is 165 Å². The molecule has 7 heteroatoms. The summed E-state index contributed by atoms with van der Waals surface area (Å²) < 4.78 is 2.01. The molecule has 1 atom stereocenters. The summed E-state index contributed by atoms with van der Waals surface area (Å²) in [6.07, 6.45) is 4.14. The van der Waals surface area contributed by atoms with Crippen molar-refractivity contribution in [2.24, 2.45) is 0 Å². The van der Waals surface area contributed by atoms with Crippen LogP contribution in [0.25, 0.3) is 0 Å². The number of nitrogens with one attached hydrogen (secondary N) is 1. The van der Waals surface area contributed by atoms with Crippen molar-refractivity contribution < 1.29 is 5.11 Å². The van der Waals surface area contributed by atoms with Crippen molar-refractivity contribution in [2.75, 3.05) is 18.4 Å². The van der Waals surface area contributed by atoms with Gasteiger partial charge in [-0.1, -0.05) is 37.3 Å². The maximum Gasteiger partial charge on any atom is 0.222 e. The number of hydrogen-bond donors (Lipinski definition) is 2. The number of fused-ring (bicyclic) bond motifs is 1. The molecule has 1 aliphatic heterocycles. The number of rotatable bonds is 7. The van der Waals surface area contributed by atoms with Crippen LogP contribution in [0.5, 0.6) is 0 Å². The summed E-state index contributed by atoms with van der Waals surface area (Å²) >= 11 is 0. The average molecular weight is 378 g/mol. The normalized spacial score (nSPS) is 15.2. The third-order valence-corrected chi connectivity index (χ3v) is 4.94. The summed E-state index contributed by atoms with van der Waals surface area (Å²) in [5.74, 6) is 0.682. The van der Waals surface area contributed by atoms with Crippen LogP contribution in [0.2, 0.25) is 0 Å². The molecule has 3 heterocycles. The molecule has 0 spiro atoms. The fourth-order valence-electron chi connectivity index (χ4n) is 3.44. The third-order valence-electron chi connectivity index (χ3n) is 4.94. The molecule has 28 heavy (non-hydrogen) atoms. The Bertz CT molecular complexity index is 893. The van der Waals surface area contributed by atoms with E-state index in [2.05, 4.69) is 32.2 Å². The van der Waals surface area contributed by atoms with E-state index in [1.54, 1.807) is 0 Å². The van der Waals surface area contributed by atoms with E-state index in [0.717, 1.165) is 56.0 Å². The van der Waals surface area contributed by atoms with Gasteiger partial charge in [-0.3, -0.25) is 9.58 Å². The summed E-state index contributed by atoms with van der Waals surface area (Å²) in [5.41, 5.74) is 3.79. The number of nitrogens with zero attached hydrogens (tertiary/aromatic N) is 5. The summed E-state index contributed by atoms with van der Waals surface area (Å²) in [6, 6.07) is 11.7. The molecule has 4 rings (SSSR count). The average Bonchev–Trinajstić information content (AvgIpc) is 3.17. The van der Waals surface area contributed by atoms with Crippen molar-refractivity contribution in [1.29, 1.82) is 0 Å². The van der Waals surface area contributed by atoms with Crippen LogP contribution in [0.15, 0.2) is 48.8 Å². The number of aromatic nitrogens is 4. The highest BCUT2D eigenvalue weighted by atomic mass is 16.3. The lowest BCUT2D eigenvalue weighted by Crippen LogP contribution is -2.33. The third kappa shape index (κ3) is 4.21. The van der Waals surface area contributed by atoms with Crippen LogP contribution in [-0.2, 0) is 19.6 Å². The molecule has 2 N–H and O–H groups in total. The summed E-state index contributed by atoms with van der Waals surface area (Å²) in [4.78, 5) is 11.1. The van der Waals surface area contributed by atoms with E-state index >= 15 is 0 Å². The van der Waals surface area contributed by atoms with Gasteiger partial charge >= 0.3 is 0 Å². The lowest BCUT2D eigenvalue weighted by Gasteiger charge is -2.27. The van der Waals surface area contributed by atoms with E-state index in [1.807, 2.05) is 53.5 Å². The lowest BCUT2D eigenvalue weighted by atomic mass is 10.1. The van der Waals surface area contributed by atoms with Crippen LogP contribution < -0.4 is 5.32 Å². The molecular weight excluding hydrogens is 352 g/mol. The predicted octanol–water partition coefficient (Wildman–Crippen LogP) is 2.59. The van der Waals surface area contributed by atoms with E-state index in [-0.39, 0.29) is 0 Å². The minimum Gasteiger partial charge on any atom is -0.382 e. The summed E-state index contributed by atoms with van der Waals surface area (Å²) in [6.45, 7) is 6.32. The van der Waals surface area contributed by atoms with E-state index < -0.39 is 6.10 Å². The van der Waals surface area contributed by atoms with Gasteiger partial charge in [-0.2, -0.15) is 5.10 Å². The highest BCUT2D eigenvalue weighted by Gasteiger charge is 2.22. The van der Waals surface area contributed by atoms with Crippen LogP contribution in [-0.4, -0.2) is 42.8 Å². The number of benzene rings is 1. The molecule has 0 unspecified atom stereocenters. The maximum atomic E-state index is 10.6. The van der Waals surface area contributed by atoms with Gasteiger partial charge in [0.05, 0.1) is 17.9 Å². The van der Waals surface area contributed by atoms with Crippen LogP contribution in [0.4, 0.5) is 5.95 Å². The lowest BCUT2D eigenvalue weighted by molar-refractivity contribution is 0.200. The predicted molar refractivity (Wildman–Crippen MR) is 108 cm³/mol. The van der Waals surface area contributed by atoms with E-state index in [9.17, 15) is 5.11 Å². The fourth-order valence-corrected chi connectivity index (χ4v) is 3.44. The zero-order valence-corrected chi connectivity index (χ0v) is 16.1. The maximum absolute atomic E-state index is 10.6. The largest absolute Gasteiger partial charge is 0.382 e. The Morgan fingerprint density at radius 2 is 1.93 bits per heavy atom. The number of anilines is 1. The van der Waals surface area contributed by atoms with Crippen LogP contribution in [0, 0.1) is 0 Å². The SMILES string of the molecule is CCCNc1ncc(CN2CCn3nc([C@H](O)c4ccccc4)cc3C2)cn1. The first-order valence-corrected chi connectivity index (χ1v) is 9.79. The molecular formula is C21H26N6O. The molecule has 1 aliphatic rings. The Kier molecular flexibility index (Phi) is 5.64. The molecule has 2 aromatic heterocycles. The van der Waals surface area contributed by atoms with Gasteiger partial charge < -0.3 is 10.4 Å². The van der Waals surface area contributed by atoms with Gasteiger partial charge in [-0.15, -0.1) is 0 Å².